The molecule has 1 saturated heterocycles. The van der Waals surface area contributed by atoms with E-state index in [0.29, 0.717) is 5.69 Å². The van der Waals surface area contributed by atoms with Crippen molar-refractivity contribution in [2.24, 2.45) is 0 Å². The molecule has 3 rings (SSSR count). The molecule has 1 aliphatic rings. The van der Waals surface area contributed by atoms with Gasteiger partial charge in [0.2, 0.25) is 0 Å². The number of benzene rings is 2. The highest BCUT2D eigenvalue weighted by Crippen LogP contribution is 2.19. The van der Waals surface area contributed by atoms with Crippen LogP contribution < -0.4 is 15.5 Å². The molecule has 0 spiro atoms. The Balaban J connectivity index is 1.62. The molecule has 8 nitrogen and oxygen atoms in total. The number of aromatic carboxylic acids is 1. The maximum atomic E-state index is 12.3. The Morgan fingerprint density at radius 2 is 1.77 bits per heavy atom. The molecule has 0 bridgehead atoms. The number of carboxylic acids is 1. The third kappa shape index (κ3) is 5.37. The van der Waals surface area contributed by atoms with Crippen LogP contribution in [0.4, 0.5) is 17.1 Å². The third-order valence-corrected chi connectivity index (χ3v) is 4.85. The van der Waals surface area contributed by atoms with Crippen molar-refractivity contribution in [1.82, 2.24) is 4.90 Å². The summed E-state index contributed by atoms with van der Waals surface area (Å²) in [5.41, 5.74) is 2.11. The molecule has 0 aromatic heterocycles. The van der Waals surface area contributed by atoms with Crippen molar-refractivity contribution in [3.63, 3.8) is 0 Å². The number of nitrogens with zero attached hydrogens (tertiary/aromatic N) is 3. The summed E-state index contributed by atoms with van der Waals surface area (Å²) in [6.07, 6.45) is 1.33. The molecule has 0 unspecified atom stereocenters. The average Bonchev–Trinajstić information content (AvgIpc) is 2.75. The Hall–Kier alpha value is -3.83. The van der Waals surface area contributed by atoms with E-state index in [1.807, 2.05) is 30.3 Å². The molecule has 8 heteroatoms. The van der Waals surface area contributed by atoms with Crippen LogP contribution in [0, 0.1) is 11.3 Å². The Kier molecular flexibility index (Phi) is 6.67. The highest BCUT2D eigenvalue weighted by Gasteiger charge is 2.14. The molecule has 3 N–H and O–H groups in total. The zero-order valence-electron chi connectivity index (χ0n) is 16.6. The van der Waals surface area contributed by atoms with Crippen LogP contribution in [-0.2, 0) is 4.79 Å². The lowest BCUT2D eigenvalue weighted by molar-refractivity contribution is -0.112. The van der Waals surface area contributed by atoms with Crippen LogP contribution in [0.3, 0.4) is 0 Å². The molecule has 0 radical (unpaired) electrons. The van der Waals surface area contributed by atoms with Crippen molar-refractivity contribution in [1.29, 1.82) is 5.26 Å². The minimum Gasteiger partial charge on any atom is -0.478 e. The van der Waals surface area contributed by atoms with E-state index in [0.717, 1.165) is 37.6 Å². The van der Waals surface area contributed by atoms with Gasteiger partial charge in [0, 0.05) is 49.4 Å². The van der Waals surface area contributed by atoms with Crippen molar-refractivity contribution in [2.45, 2.75) is 0 Å². The van der Waals surface area contributed by atoms with Crippen LogP contribution in [0.15, 0.2) is 60.3 Å². The summed E-state index contributed by atoms with van der Waals surface area (Å²) in [6, 6.07) is 15.5. The van der Waals surface area contributed by atoms with E-state index in [1.54, 1.807) is 6.07 Å². The minimum atomic E-state index is -1.09. The Bertz CT molecular complexity index is 987. The second kappa shape index (κ2) is 9.58. The number of piperazine rings is 1. The molecule has 0 saturated carbocycles. The number of hydrogen-bond donors (Lipinski definition) is 3. The molecule has 0 atom stereocenters. The first-order chi connectivity index (χ1) is 14.5. The van der Waals surface area contributed by atoms with Gasteiger partial charge in [-0.25, -0.2) is 4.79 Å². The molecule has 1 aliphatic heterocycles. The summed E-state index contributed by atoms with van der Waals surface area (Å²) >= 11 is 0. The number of hydrogen-bond acceptors (Lipinski definition) is 6. The van der Waals surface area contributed by atoms with Gasteiger partial charge in [0.1, 0.15) is 11.6 Å². The first-order valence-electron chi connectivity index (χ1n) is 9.51. The zero-order valence-corrected chi connectivity index (χ0v) is 16.6. The van der Waals surface area contributed by atoms with Crippen LogP contribution in [0.5, 0.6) is 0 Å². The predicted octanol–water partition coefficient (Wildman–Crippen LogP) is 2.59. The van der Waals surface area contributed by atoms with E-state index < -0.39 is 11.9 Å². The number of likely N-dealkylation sites (N-methyl/N-ethyl adjacent to an activating group) is 1. The predicted molar refractivity (Wildman–Crippen MR) is 116 cm³/mol. The van der Waals surface area contributed by atoms with Crippen molar-refractivity contribution in [3.8, 4) is 6.07 Å². The summed E-state index contributed by atoms with van der Waals surface area (Å²) in [5, 5.41) is 23.8. The average molecular weight is 405 g/mol. The second-order valence-electron chi connectivity index (χ2n) is 6.99. The van der Waals surface area contributed by atoms with Crippen molar-refractivity contribution in [3.05, 3.63) is 65.9 Å². The van der Waals surface area contributed by atoms with Crippen molar-refractivity contribution < 1.29 is 14.7 Å². The maximum absolute atomic E-state index is 12.3. The van der Waals surface area contributed by atoms with E-state index in [1.165, 1.54) is 24.4 Å². The molecule has 154 valence electrons. The summed E-state index contributed by atoms with van der Waals surface area (Å²) in [6.45, 7) is 4.01. The smallest absolute Gasteiger partial charge is 0.335 e. The van der Waals surface area contributed by atoms with Crippen LogP contribution in [0.25, 0.3) is 0 Å². The quantitative estimate of drug-likeness (QED) is 0.501. The van der Waals surface area contributed by atoms with Crippen LogP contribution in [0.2, 0.25) is 0 Å². The lowest BCUT2D eigenvalue weighted by Gasteiger charge is -2.34. The number of amides is 1. The lowest BCUT2D eigenvalue weighted by atomic mass is 10.2. The number of nitriles is 1. The van der Waals surface area contributed by atoms with Gasteiger partial charge in [-0.2, -0.15) is 5.26 Å². The number of carbonyl (C=O) groups is 2. The number of carbonyl (C=O) groups excluding carboxylic acids is 1. The summed E-state index contributed by atoms with van der Waals surface area (Å²) in [5.74, 6) is -1.72. The fourth-order valence-corrected chi connectivity index (χ4v) is 3.07. The van der Waals surface area contributed by atoms with Gasteiger partial charge in [0.15, 0.2) is 0 Å². The van der Waals surface area contributed by atoms with Gasteiger partial charge in [-0.05, 0) is 49.5 Å². The molecule has 30 heavy (non-hydrogen) atoms. The summed E-state index contributed by atoms with van der Waals surface area (Å²) in [4.78, 5) is 28.0. The first-order valence-corrected chi connectivity index (χ1v) is 9.51. The van der Waals surface area contributed by atoms with Gasteiger partial charge in [0.05, 0.1) is 5.56 Å². The molecular weight excluding hydrogens is 382 g/mol. The molecule has 1 heterocycles. The lowest BCUT2D eigenvalue weighted by Crippen LogP contribution is -2.44. The first kappa shape index (κ1) is 20.9. The third-order valence-electron chi connectivity index (χ3n) is 4.85. The topological polar surface area (TPSA) is 109 Å². The number of nitrogens with one attached hydrogen (secondary N) is 2. The molecule has 2 aromatic rings. The number of anilines is 3. The van der Waals surface area contributed by atoms with Crippen LogP contribution in [0.1, 0.15) is 10.4 Å². The largest absolute Gasteiger partial charge is 0.478 e. The van der Waals surface area contributed by atoms with Gasteiger partial charge in [0.25, 0.3) is 5.91 Å². The van der Waals surface area contributed by atoms with Gasteiger partial charge in [-0.3, -0.25) is 4.79 Å². The Labute approximate surface area is 175 Å². The minimum absolute atomic E-state index is 0.0499. The molecule has 0 aliphatic carbocycles. The number of carboxylic acid groups (broad SMARTS) is 1. The van der Waals surface area contributed by atoms with E-state index in [2.05, 4.69) is 27.5 Å². The second-order valence-corrected chi connectivity index (χ2v) is 6.99. The van der Waals surface area contributed by atoms with Crippen LogP contribution >= 0.6 is 0 Å². The van der Waals surface area contributed by atoms with E-state index in [9.17, 15) is 14.9 Å². The van der Waals surface area contributed by atoms with Gasteiger partial charge >= 0.3 is 5.97 Å². The molecule has 1 amide bonds. The van der Waals surface area contributed by atoms with Gasteiger partial charge < -0.3 is 25.5 Å². The standard InChI is InChI=1S/C22H23N5O3/c1-26-9-11-27(12-10-26)20-7-5-18(6-8-20)24-15-17(14-23)21(28)25-19-4-2-3-16(13-19)22(29)30/h2-8,13,15,24H,9-12H2,1H3,(H,25,28)(H,29,30)/b17-15-. The summed E-state index contributed by atoms with van der Waals surface area (Å²) in [7, 11) is 2.11. The van der Waals surface area contributed by atoms with E-state index >= 15 is 0 Å². The van der Waals surface area contributed by atoms with Crippen molar-refractivity contribution in [2.75, 3.05) is 48.8 Å². The fourth-order valence-electron chi connectivity index (χ4n) is 3.07. The highest BCUT2D eigenvalue weighted by atomic mass is 16.4. The molecule has 1 fully saturated rings. The maximum Gasteiger partial charge on any atom is 0.335 e. The number of rotatable bonds is 6. The Morgan fingerprint density at radius 3 is 2.40 bits per heavy atom. The molecule has 2 aromatic carbocycles. The normalized spacial score (nSPS) is 14.7. The summed E-state index contributed by atoms with van der Waals surface area (Å²) < 4.78 is 0. The van der Waals surface area contributed by atoms with Gasteiger partial charge in [-0.15, -0.1) is 0 Å². The Morgan fingerprint density at radius 1 is 1.07 bits per heavy atom. The highest BCUT2D eigenvalue weighted by molar-refractivity contribution is 6.07. The van der Waals surface area contributed by atoms with E-state index in [-0.39, 0.29) is 11.1 Å². The fraction of sp³-hybridized carbons (Fsp3) is 0.227. The zero-order chi connectivity index (χ0) is 21.5. The monoisotopic (exact) mass is 405 g/mol. The van der Waals surface area contributed by atoms with Gasteiger partial charge in [-0.1, -0.05) is 6.07 Å². The van der Waals surface area contributed by atoms with Crippen molar-refractivity contribution >= 4 is 28.9 Å². The van der Waals surface area contributed by atoms with E-state index in [4.69, 9.17) is 5.11 Å². The molecular formula is C22H23N5O3. The van der Waals surface area contributed by atoms with Crippen LogP contribution in [-0.4, -0.2) is 55.1 Å². The SMILES string of the molecule is CN1CCN(c2ccc(N/C=C(/C#N)C(=O)Nc3cccc(C(=O)O)c3)cc2)CC1.